The van der Waals surface area contributed by atoms with Gasteiger partial charge in [-0.2, -0.15) is 0 Å². The number of aryl methyl sites for hydroxylation is 1. The molecule has 0 saturated heterocycles. The van der Waals surface area contributed by atoms with Crippen molar-refractivity contribution in [2.75, 3.05) is 5.73 Å². The molecule has 0 atom stereocenters. The van der Waals surface area contributed by atoms with Crippen LogP contribution in [0.1, 0.15) is 121 Å². The van der Waals surface area contributed by atoms with E-state index in [1.807, 2.05) is 24.3 Å². The number of benzene rings is 1. The second-order valence-electron chi connectivity index (χ2n) is 9.67. The average molecular weight is 450 g/mol. The van der Waals surface area contributed by atoms with E-state index in [1.165, 1.54) is 114 Å². The monoisotopic (exact) mass is 449 g/mol. The lowest BCUT2D eigenvalue weighted by atomic mass is 10.0. The standard InChI is InChI=1S/C31H48N2/c1-2-3-4-5-6-7-8-9-10-11-12-13-14-15-16-17-26-33-27-24-30(25-28-33)19-18-29-20-22-31(32)23-21-29/h18-25,27-28,32H,2-17,26H2,1H3/p+1. The van der Waals surface area contributed by atoms with Crippen molar-refractivity contribution < 1.29 is 4.57 Å². The van der Waals surface area contributed by atoms with Crippen molar-refractivity contribution in [1.82, 2.24) is 0 Å². The molecule has 0 aliphatic rings. The Kier molecular flexibility index (Phi) is 15.1. The van der Waals surface area contributed by atoms with Gasteiger partial charge >= 0.3 is 0 Å². The van der Waals surface area contributed by atoms with Crippen molar-refractivity contribution >= 4 is 17.8 Å². The smallest absolute Gasteiger partial charge is 0.169 e. The van der Waals surface area contributed by atoms with Crippen LogP contribution in [-0.2, 0) is 6.54 Å². The van der Waals surface area contributed by atoms with Crippen LogP contribution >= 0.6 is 0 Å². The largest absolute Gasteiger partial charge is 0.399 e. The molecule has 1 aromatic heterocycles. The number of pyridine rings is 1. The van der Waals surface area contributed by atoms with E-state index in [1.54, 1.807) is 0 Å². The number of nitrogens with zero attached hydrogens (tertiary/aromatic N) is 1. The van der Waals surface area contributed by atoms with Crippen LogP contribution in [0.25, 0.3) is 12.2 Å². The van der Waals surface area contributed by atoms with E-state index in [0.29, 0.717) is 0 Å². The normalized spacial score (nSPS) is 11.4. The van der Waals surface area contributed by atoms with Crippen molar-refractivity contribution in [1.29, 1.82) is 0 Å². The zero-order valence-electron chi connectivity index (χ0n) is 21.3. The molecule has 0 spiro atoms. The summed E-state index contributed by atoms with van der Waals surface area (Å²) in [6.07, 6.45) is 31.4. The van der Waals surface area contributed by atoms with E-state index in [-0.39, 0.29) is 0 Å². The number of hydrogen-bond donors (Lipinski definition) is 1. The molecule has 0 fully saturated rings. The van der Waals surface area contributed by atoms with Gasteiger partial charge in [-0.3, -0.25) is 0 Å². The van der Waals surface area contributed by atoms with Crippen LogP contribution in [0.3, 0.4) is 0 Å². The highest BCUT2D eigenvalue weighted by molar-refractivity contribution is 5.69. The summed E-state index contributed by atoms with van der Waals surface area (Å²) in [6.45, 7) is 3.42. The number of rotatable bonds is 19. The fourth-order valence-electron chi connectivity index (χ4n) is 4.37. The van der Waals surface area contributed by atoms with Crippen molar-refractivity contribution in [2.45, 2.75) is 116 Å². The summed E-state index contributed by atoms with van der Waals surface area (Å²) in [4.78, 5) is 0. The lowest BCUT2D eigenvalue weighted by molar-refractivity contribution is -0.697. The zero-order valence-corrected chi connectivity index (χ0v) is 21.3. The van der Waals surface area contributed by atoms with Crippen molar-refractivity contribution in [2.24, 2.45) is 0 Å². The first-order valence-electron chi connectivity index (χ1n) is 13.8. The molecule has 1 heterocycles. The van der Waals surface area contributed by atoms with Crippen molar-refractivity contribution in [3.05, 3.63) is 59.9 Å². The maximum atomic E-state index is 5.74. The Morgan fingerprint density at radius 1 is 0.545 bits per heavy atom. The number of hydrogen-bond acceptors (Lipinski definition) is 1. The molecular weight excluding hydrogens is 400 g/mol. The summed E-state index contributed by atoms with van der Waals surface area (Å²) >= 11 is 0. The third kappa shape index (κ3) is 13.9. The number of nitrogens with two attached hydrogens (primary N) is 1. The van der Waals surface area contributed by atoms with Crippen molar-refractivity contribution in [3.8, 4) is 0 Å². The molecule has 0 aliphatic carbocycles. The van der Waals surface area contributed by atoms with Gasteiger partial charge in [0.2, 0.25) is 0 Å². The van der Waals surface area contributed by atoms with Gasteiger partial charge < -0.3 is 5.73 Å². The van der Waals surface area contributed by atoms with Crippen LogP contribution in [0.4, 0.5) is 5.69 Å². The van der Waals surface area contributed by atoms with Crippen LogP contribution < -0.4 is 10.3 Å². The van der Waals surface area contributed by atoms with Gasteiger partial charge in [-0.25, -0.2) is 4.57 Å². The lowest BCUT2D eigenvalue weighted by Crippen LogP contribution is -2.32. The summed E-state index contributed by atoms with van der Waals surface area (Å²) in [5.41, 5.74) is 8.96. The molecule has 0 amide bonds. The quantitative estimate of drug-likeness (QED) is 0.129. The first-order valence-corrected chi connectivity index (χ1v) is 13.8. The second-order valence-corrected chi connectivity index (χ2v) is 9.67. The SMILES string of the molecule is CCCCCCCCCCCCCCCCCC[n+]1ccc(C=Cc2ccc(N)cc2)cc1. The van der Waals surface area contributed by atoms with Crippen LogP contribution in [0, 0.1) is 0 Å². The van der Waals surface area contributed by atoms with Crippen LogP contribution in [0.15, 0.2) is 48.8 Å². The highest BCUT2D eigenvalue weighted by atomic mass is 14.9. The second kappa shape index (κ2) is 18.3. The molecule has 2 aromatic rings. The van der Waals surface area contributed by atoms with Crippen LogP contribution in [0.5, 0.6) is 0 Å². The number of aromatic nitrogens is 1. The van der Waals surface area contributed by atoms with Gasteiger partial charge in [-0.05, 0) is 29.7 Å². The van der Waals surface area contributed by atoms with Crippen LogP contribution in [-0.4, -0.2) is 0 Å². The molecule has 2 heteroatoms. The predicted molar refractivity (Wildman–Crippen MR) is 146 cm³/mol. The number of anilines is 1. The van der Waals surface area contributed by atoms with Gasteiger partial charge in [0.05, 0.1) is 0 Å². The highest BCUT2D eigenvalue weighted by Crippen LogP contribution is 2.14. The van der Waals surface area contributed by atoms with E-state index in [4.69, 9.17) is 5.73 Å². The summed E-state index contributed by atoms with van der Waals surface area (Å²) in [5, 5.41) is 0. The number of nitrogen functional groups attached to an aromatic ring is 1. The molecule has 2 N–H and O–H groups in total. The van der Waals surface area contributed by atoms with Gasteiger partial charge in [-0.1, -0.05) is 121 Å². The van der Waals surface area contributed by atoms with Gasteiger partial charge in [-0.15, -0.1) is 0 Å². The zero-order chi connectivity index (χ0) is 23.4. The summed E-state index contributed by atoms with van der Waals surface area (Å²) < 4.78 is 2.31. The average Bonchev–Trinajstić information content (AvgIpc) is 2.84. The predicted octanol–water partition coefficient (Wildman–Crippen LogP) is 8.99. The molecule has 1 aromatic carbocycles. The lowest BCUT2D eigenvalue weighted by Gasteiger charge is -2.03. The van der Waals surface area contributed by atoms with E-state index in [9.17, 15) is 0 Å². The first kappa shape index (κ1) is 27.2. The van der Waals surface area contributed by atoms with E-state index < -0.39 is 0 Å². The molecule has 2 nitrogen and oxygen atoms in total. The Morgan fingerprint density at radius 3 is 1.39 bits per heavy atom. The molecule has 0 saturated carbocycles. The maximum absolute atomic E-state index is 5.74. The van der Waals surface area contributed by atoms with Gasteiger partial charge in [0, 0.05) is 24.2 Å². The minimum absolute atomic E-state index is 0.807. The molecule has 0 bridgehead atoms. The molecule has 33 heavy (non-hydrogen) atoms. The van der Waals surface area contributed by atoms with E-state index in [0.717, 1.165) is 12.2 Å². The molecule has 2 rings (SSSR count). The molecule has 182 valence electrons. The molecular formula is C31H49N2+. The Hall–Kier alpha value is -2.09. The third-order valence-electron chi connectivity index (χ3n) is 6.59. The molecule has 0 unspecified atom stereocenters. The molecule has 0 radical (unpaired) electrons. The minimum Gasteiger partial charge on any atom is -0.399 e. The van der Waals surface area contributed by atoms with Crippen LogP contribution in [0.2, 0.25) is 0 Å². The summed E-state index contributed by atoms with van der Waals surface area (Å²) in [5.74, 6) is 0. The maximum Gasteiger partial charge on any atom is 0.169 e. The Morgan fingerprint density at radius 2 is 0.939 bits per heavy atom. The van der Waals surface area contributed by atoms with Gasteiger partial charge in [0.25, 0.3) is 0 Å². The fraction of sp³-hybridized carbons (Fsp3) is 0.581. The fourth-order valence-corrected chi connectivity index (χ4v) is 4.37. The Balaban J connectivity index is 1.41. The van der Waals surface area contributed by atoms with E-state index in [2.05, 4.69) is 48.2 Å². The topological polar surface area (TPSA) is 29.9 Å². The number of unbranched alkanes of at least 4 members (excludes halogenated alkanes) is 15. The third-order valence-corrected chi connectivity index (χ3v) is 6.59. The van der Waals surface area contributed by atoms with Gasteiger partial charge in [0.15, 0.2) is 12.4 Å². The summed E-state index contributed by atoms with van der Waals surface area (Å²) in [6, 6.07) is 12.4. The van der Waals surface area contributed by atoms with Crippen molar-refractivity contribution in [3.63, 3.8) is 0 Å². The Bertz CT molecular complexity index is 731. The molecule has 0 aliphatic heterocycles. The minimum atomic E-state index is 0.807. The van der Waals surface area contributed by atoms with E-state index >= 15 is 0 Å². The summed E-state index contributed by atoms with van der Waals surface area (Å²) in [7, 11) is 0. The first-order chi connectivity index (χ1) is 16.3. The van der Waals surface area contributed by atoms with Gasteiger partial charge in [0.1, 0.15) is 6.54 Å². The highest BCUT2D eigenvalue weighted by Gasteiger charge is 2.00. The Labute approximate surface area is 204 Å².